The van der Waals surface area contributed by atoms with Crippen LogP contribution < -0.4 is 10.9 Å². The number of aromatic amines is 1. The van der Waals surface area contributed by atoms with Gasteiger partial charge in [0.2, 0.25) is 0 Å². The average Bonchev–Trinajstić information content (AvgIpc) is 2.22. The molecule has 0 aromatic carbocycles. The zero-order chi connectivity index (χ0) is 12.6. The Balaban J connectivity index is 2.19. The lowest BCUT2D eigenvalue weighted by Gasteiger charge is -2.31. The molecule has 2 rings (SSSR count). The van der Waals surface area contributed by atoms with E-state index in [1.807, 2.05) is 0 Å². The van der Waals surface area contributed by atoms with Crippen molar-refractivity contribution in [3.05, 3.63) is 27.2 Å². The third-order valence-electron chi connectivity index (χ3n) is 3.15. The Kier molecular flexibility index (Phi) is 2.97. The molecule has 1 aromatic heterocycles. The third-order valence-corrected chi connectivity index (χ3v) is 3.15. The van der Waals surface area contributed by atoms with E-state index < -0.39 is 11.5 Å². The van der Waals surface area contributed by atoms with Gasteiger partial charge in [-0.1, -0.05) is 0 Å². The molecule has 0 aliphatic heterocycles. The standard InChI is InChI=1S/C11H15N3O3/c1-5-6(2)13-14-11(17)9(5)10(16)12-7-3-8(15)4-7/h7-8,15H,3-4H2,1-2H3,(H,12,16)(H,14,17). The molecule has 1 saturated carbocycles. The minimum Gasteiger partial charge on any atom is -0.393 e. The van der Waals surface area contributed by atoms with Crippen LogP contribution >= 0.6 is 0 Å². The molecule has 0 bridgehead atoms. The summed E-state index contributed by atoms with van der Waals surface area (Å²) in [7, 11) is 0. The van der Waals surface area contributed by atoms with Crippen molar-refractivity contribution in [3.63, 3.8) is 0 Å². The second kappa shape index (κ2) is 4.29. The molecular formula is C11H15N3O3. The lowest BCUT2D eigenvalue weighted by Crippen LogP contribution is -2.48. The number of aliphatic hydroxyl groups excluding tert-OH is 1. The summed E-state index contributed by atoms with van der Waals surface area (Å²) in [5.74, 6) is -0.397. The molecule has 1 aliphatic rings. The number of H-pyrrole nitrogens is 1. The van der Waals surface area contributed by atoms with Gasteiger partial charge in [0.05, 0.1) is 11.8 Å². The first-order valence-corrected chi connectivity index (χ1v) is 5.54. The van der Waals surface area contributed by atoms with E-state index in [-0.39, 0.29) is 17.7 Å². The molecule has 3 N–H and O–H groups in total. The maximum atomic E-state index is 11.9. The van der Waals surface area contributed by atoms with Gasteiger partial charge < -0.3 is 10.4 Å². The maximum Gasteiger partial charge on any atom is 0.277 e. The van der Waals surface area contributed by atoms with Crippen LogP contribution in [-0.2, 0) is 0 Å². The topological polar surface area (TPSA) is 95.1 Å². The van der Waals surface area contributed by atoms with Crippen LogP contribution in [0.1, 0.15) is 34.5 Å². The summed E-state index contributed by atoms with van der Waals surface area (Å²) in [4.78, 5) is 23.5. The molecule has 17 heavy (non-hydrogen) atoms. The summed E-state index contributed by atoms with van der Waals surface area (Å²) in [6.07, 6.45) is 0.762. The first-order chi connectivity index (χ1) is 7.99. The number of hydrogen-bond acceptors (Lipinski definition) is 4. The first kappa shape index (κ1) is 11.8. The molecular weight excluding hydrogens is 222 g/mol. The smallest absolute Gasteiger partial charge is 0.277 e. The SMILES string of the molecule is Cc1n[nH]c(=O)c(C(=O)NC2CC(O)C2)c1C. The number of aryl methyl sites for hydroxylation is 1. The van der Waals surface area contributed by atoms with Crippen molar-refractivity contribution in [1.82, 2.24) is 15.5 Å². The lowest BCUT2D eigenvalue weighted by atomic mass is 9.89. The molecule has 6 nitrogen and oxygen atoms in total. The molecule has 0 spiro atoms. The number of carbonyl (C=O) groups excluding carboxylic acids is 1. The van der Waals surface area contributed by atoms with E-state index in [1.165, 1.54) is 0 Å². The maximum absolute atomic E-state index is 11.9. The highest BCUT2D eigenvalue weighted by Crippen LogP contribution is 2.19. The monoisotopic (exact) mass is 237 g/mol. The molecule has 1 amide bonds. The Labute approximate surface area is 98.1 Å². The summed E-state index contributed by atoms with van der Waals surface area (Å²) in [6.45, 7) is 3.43. The van der Waals surface area contributed by atoms with Crippen molar-refractivity contribution in [1.29, 1.82) is 0 Å². The highest BCUT2D eigenvalue weighted by molar-refractivity contribution is 5.95. The molecule has 0 radical (unpaired) electrons. The molecule has 0 saturated heterocycles. The van der Waals surface area contributed by atoms with Crippen LogP contribution in [-0.4, -0.2) is 33.4 Å². The number of rotatable bonds is 2. The van der Waals surface area contributed by atoms with Gasteiger partial charge in [0.25, 0.3) is 11.5 Å². The molecule has 1 aromatic rings. The molecule has 1 heterocycles. The van der Waals surface area contributed by atoms with Gasteiger partial charge in [-0.25, -0.2) is 5.10 Å². The molecule has 6 heteroatoms. The van der Waals surface area contributed by atoms with Gasteiger partial charge in [-0.15, -0.1) is 0 Å². The van der Waals surface area contributed by atoms with Crippen LogP contribution in [0.4, 0.5) is 0 Å². The van der Waals surface area contributed by atoms with Gasteiger partial charge in [0.1, 0.15) is 5.56 Å². The van der Waals surface area contributed by atoms with Gasteiger partial charge in [-0.2, -0.15) is 5.10 Å². The van der Waals surface area contributed by atoms with Crippen LogP contribution in [0.25, 0.3) is 0 Å². The number of amides is 1. The molecule has 1 fully saturated rings. The Morgan fingerprint density at radius 1 is 1.47 bits per heavy atom. The average molecular weight is 237 g/mol. The van der Waals surface area contributed by atoms with Crippen LogP contribution in [0.3, 0.4) is 0 Å². The Morgan fingerprint density at radius 3 is 2.71 bits per heavy atom. The van der Waals surface area contributed by atoms with Crippen molar-refractivity contribution in [3.8, 4) is 0 Å². The molecule has 92 valence electrons. The van der Waals surface area contributed by atoms with E-state index in [9.17, 15) is 9.59 Å². The summed E-state index contributed by atoms with van der Waals surface area (Å²) >= 11 is 0. The summed E-state index contributed by atoms with van der Waals surface area (Å²) < 4.78 is 0. The normalized spacial score (nSPS) is 23.0. The fourth-order valence-corrected chi connectivity index (χ4v) is 1.86. The Morgan fingerprint density at radius 2 is 2.12 bits per heavy atom. The van der Waals surface area contributed by atoms with E-state index in [4.69, 9.17) is 5.11 Å². The largest absolute Gasteiger partial charge is 0.393 e. The van der Waals surface area contributed by atoms with Crippen molar-refractivity contribution in [2.75, 3.05) is 0 Å². The van der Waals surface area contributed by atoms with E-state index >= 15 is 0 Å². The van der Waals surface area contributed by atoms with Crippen LogP contribution in [0, 0.1) is 13.8 Å². The minimum atomic E-state index is -0.481. The molecule has 0 unspecified atom stereocenters. The van der Waals surface area contributed by atoms with Gasteiger partial charge in [0.15, 0.2) is 0 Å². The summed E-state index contributed by atoms with van der Waals surface area (Å²) in [5, 5.41) is 17.9. The third kappa shape index (κ3) is 2.21. The van der Waals surface area contributed by atoms with Crippen LogP contribution in [0.5, 0.6) is 0 Å². The van der Waals surface area contributed by atoms with Crippen LogP contribution in [0.15, 0.2) is 4.79 Å². The van der Waals surface area contributed by atoms with Crippen LogP contribution in [0.2, 0.25) is 0 Å². The Hall–Kier alpha value is -1.69. The van der Waals surface area contributed by atoms with Gasteiger partial charge in [0, 0.05) is 6.04 Å². The van der Waals surface area contributed by atoms with Crippen molar-refractivity contribution < 1.29 is 9.90 Å². The minimum absolute atomic E-state index is 0.0372. The number of aliphatic hydroxyl groups is 1. The van der Waals surface area contributed by atoms with E-state index in [0.29, 0.717) is 24.1 Å². The lowest BCUT2D eigenvalue weighted by molar-refractivity contribution is 0.0561. The quantitative estimate of drug-likeness (QED) is 0.654. The number of nitrogens with zero attached hydrogens (tertiary/aromatic N) is 1. The zero-order valence-electron chi connectivity index (χ0n) is 9.78. The molecule has 0 atom stereocenters. The van der Waals surface area contributed by atoms with Crippen molar-refractivity contribution in [2.45, 2.75) is 38.8 Å². The number of hydrogen-bond donors (Lipinski definition) is 3. The van der Waals surface area contributed by atoms with Gasteiger partial charge in [-0.05, 0) is 32.3 Å². The predicted molar refractivity (Wildman–Crippen MR) is 60.8 cm³/mol. The highest BCUT2D eigenvalue weighted by Gasteiger charge is 2.29. The molecule has 1 aliphatic carbocycles. The second-order valence-corrected chi connectivity index (χ2v) is 4.43. The van der Waals surface area contributed by atoms with E-state index in [1.54, 1.807) is 13.8 Å². The van der Waals surface area contributed by atoms with Crippen molar-refractivity contribution >= 4 is 5.91 Å². The van der Waals surface area contributed by atoms with E-state index in [0.717, 1.165) is 0 Å². The predicted octanol–water partition coefficient (Wildman–Crippen LogP) is -0.360. The zero-order valence-corrected chi connectivity index (χ0v) is 9.78. The fraction of sp³-hybridized carbons (Fsp3) is 0.545. The second-order valence-electron chi connectivity index (χ2n) is 4.43. The van der Waals surface area contributed by atoms with Gasteiger partial charge in [-0.3, -0.25) is 9.59 Å². The Bertz CT molecular complexity index is 503. The van der Waals surface area contributed by atoms with E-state index in [2.05, 4.69) is 15.5 Å². The number of carbonyl (C=O) groups is 1. The number of nitrogens with one attached hydrogen (secondary N) is 2. The summed E-state index contributed by atoms with van der Waals surface area (Å²) in [6, 6.07) is -0.0372. The fourth-order valence-electron chi connectivity index (χ4n) is 1.86. The van der Waals surface area contributed by atoms with Gasteiger partial charge >= 0.3 is 0 Å². The summed E-state index contributed by atoms with van der Waals surface area (Å²) in [5.41, 5.74) is 0.846. The first-order valence-electron chi connectivity index (χ1n) is 5.54. The number of aromatic nitrogens is 2. The van der Waals surface area contributed by atoms with Crippen molar-refractivity contribution in [2.24, 2.45) is 0 Å². The highest BCUT2D eigenvalue weighted by atomic mass is 16.3.